The van der Waals surface area contributed by atoms with Gasteiger partial charge < -0.3 is 20.6 Å². The predicted molar refractivity (Wildman–Crippen MR) is 33.3 cm³/mol. The molecule has 0 heterocycles. The van der Waals surface area contributed by atoms with Gasteiger partial charge in [-0.1, -0.05) is 0 Å². The fourth-order valence-electron chi connectivity index (χ4n) is 0.435. The monoisotopic (exact) mass is 144 g/mol. The normalized spacial score (nSPS) is 11.6. The van der Waals surface area contributed by atoms with E-state index in [1.165, 1.54) is 0 Å². The lowest BCUT2D eigenvalue weighted by molar-refractivity contribution is -0.113. The lowest BCUT2D eigenvalue weighted by Gasteiger charge is -2.04. The molecule has 0 spiro atoms. The van der Waals surface area contributed by atoms with Gasteiger partial charge in [-0.3, -0.25) is 0 Å². The van der Waals surface area contributed by atoms with E-state index in [9.17, 15) is 14.4 Å². The summed E-state index contributed by atoms with van der Waals surface area (Å²) in [5.41, 5.74) is 4.67. The lowest BCUT2D eigenvalue weighted by atomic mass is 10.2. The largest absolute Gasteiger partial charge is 0.352 e. The van der Waals surface area contributed by atoms with E-state index >= 15 is 0 Å². The highest BCUT2D eigenvalue weighted by Crippen LogP contribution is 1.81. The van der Waals surface area contributed by atoms with Crippen LogP contribution in [-0.4, -0.2) is 24.6 Å². The molecule has 0 fully saturated rings. The molecule has 0 aliphatic rings. The second kappa shape index (κ2) is 4.49. The summed E-state index contributed by atoms with van der Waals surface area (Å²) in [6.07, 6.45) is 0.959. The van der Waals surface area contributed by atoms with E-state index in [1.54, 1.807) is 0 Å². The molecule has 2 amide bonds. The minimum absolute atomic E-state index is 0.0353. The molecule has 0 saturated carbocycles. The van der Waals surface area contributed by atoms with Crippen molar-refractivity contribution in [2.45, 2.75) is 12.5 Å². The molecular formula is C5H8N2O3. The molecule has 0 aromatic rings. The Bertz CT molecular complexity index is 146. The Morgan fingerprint density at radius 3 is 2.50 bits per heavy atom. The quantitative estimate of drug-likeness (QED) is 0.486. The Kier molecular flexibility index (Phi) is 3.86. The van der Waals surface area contributed by atoms with Crippen LogP contribution >= 0.6 is 0 Å². The topological polar surface area (TPSA) is 89.3 Å². The molecule has 0 aromatic carbocycles. The first kappa shape index (κ1) is 8.61. The summed E-state index contributed by atoms with van der Waals surface area (Å²) in [4.78, 5) is 29.9. The van der Waals surface area contributed by atoms with Crippen LogP contribution in [0.1, 0.15) is 6.42 Å². The smallest absolute Gasteiger partial charge is 0.312 e. The fraction of sp³-hybridized carbons (Fsp3) is 0.400. The first-order valence-electron chi connectivity index (χ1n) is 2.65. The molecule has 0 rings (SSSR count). The average molecular weight is 144 g/mol. The number of primary amides is 1. The van der Waals surface area contributed by atoms with Crippen LogP contribution in [0.4, 0.5) is 4.79 Å². The SMILES string of the molecule is NC(=O)NC(C=O)CC=O. The number of carbonyl (C=O) groups is 3. The predicted octanol–water partition coefficient (Wildman–Crippen LogP) is -1.19. The molecule has 10 heavy (non-hydrogen) atoms. The van der Waals surface area contributed by atoms with Gasteiger partial charge in [0.15, 0.2) is 0 Å². The van der Waals surface area contributed by atoms with Gasteiger partial charge in [0.1, 0.15) is 12.6 Å². The molecule has 5 heteroatoms. The number of amides is 2. The van der Waals surface area contributed by atoms with E-state index in [4.69, 9.17) is 0 Å². The van der Waals surface area contributed by atoms with Gasteiger partial charge in [0.25, 0.3) is 0 Å². The van der Waals surface area contributed by atoms with Gasteiger partial charge in [-0.15, -0.1) is 0 Å². The van der Waals surface area contributed by atoms with Crippen LogP contribution in [0.3, 0.4) is 0 Å². The average Bonchev–Trinajstić information content (AvgIpc) is 1.86. The van der Waals surface area contributed by atoms with Gasteiger partial charge in [0.05, 0.1) is 6.04 Å². The lowest BCUT2D eigenvalue weighted by Crippen LogP contribution is -2.39. The zero-order chi connectivity index (χ0) is 7.98. The Morgan fingerprint density at radius 2 is 2.20 bits per heavy atom. The Morgan fingerprint density at radius 1 is 1.60 bits per heavy atom. The van der Waals surface area contributed by atoms with E-state index in [2.05, 4.69) is 11.1 Å². The summed E-state index contributed by atoms with van der Waals surface area (Å²) in [5, 5.41) is 2.07. The third kappa shape index (κ3) is 3.59. The van der Waals surface area contributed by atoms with Crippen LogP contribution in [0.5, 0.6) is 0 Å². The van der Waals surface area contributed by atoms with Gasteiger partial charge in [-0.05, 0) is 0 Å². The summed E-state index contributed by atoms with van der Waals surface area (Å²) in [6, 6.07) is -1.59. The number of hydrogen-bond donors (Lipinski definition) is 2. The maximum atomic E-state index is 10.1. The molecule has 0 saturated heterocycles. The first-order chi connectivity index (χ1) is 4.70. The van der Waals surface area contributed by atoms with Gasteiger partial charge >= 0.3 is 6.03 Å². The van der Waals surface area contributed by atoms with E-state index in [-0.39, 0.29) is 6.42 Å². The van der Waals surface area contributed by atoms with Gasteiger partial charge in [-0.25, -0.2) is 4.79 Å². The van der Waals surface area contributed by atoms with Crippen LogP contribution in [0, 0.1) is 0 Å². The standard InChI is InChI=1S/C5H8N2O3/c6-5(10)7-4(3-9)1-2-8/h2-4H,1H2,(H3,6,7,10). The van der Waals surface area contributed by atoms with Crippen LogP contribution in [-0.2, 0) is 9.59 Å². The van der Waals surface area contributed by atoms with Crippen molar-refractivity contribution in [1.82, 2.24) is 5.32 Å². The van der Waals surface area contributed by atoms with Crippen molar-refractivity contribution in [1.29, 1.82) is 0 Å². The molecule has 0 aliphatic carbocycles. The molecule has 56 valence electrons. The minimum atomic E-state index is -0.807. The van der Waals surface area contributed by atoms with Crippen LogP contribution in [0.2, 0.25) is 0 Å². The Labute approximate surface area is 57.6 Å². The molecule has 5 nitrogen and oxygen atoms in total. The molecule has 1 atom stereocenters. The third-order valence-corrected chi connectivity index (χ3v) is 0.842. The Hall–Kier alpha value is -1.39. The zero-order valence-corrected chi connectivity index (χ0v) is 5.24. The van der Waals surface area contributed by atoms with Crippen molar-refractivity contribution in [3.05, 3.63) is 0 Å². The summed E-state index contributed by atoms with van der Waals surface area (Å²) in [6.45, 7) is 0. The number of nitrogens with two attached hydrogens (primary N) is 1. The highest BCUT2D eigenvalue weighted by atomic mass is 16.2. The maximum absolute atomic E-state index is 10.1. The highest BCUT2D eigenvalue weighted by molar-refractivity contribution is 5.77. The number of hydrogen-bond acceptors (Lipinski definition) is 3. The zero-order valence-electron chi connectivity index (χ0n) is 5.24. The molecule has 3 N–H and O–H groups in total. The van der Waals surface area contributed by atoms with Gasteiger partial charge in [-0.2, -0.15) is 0 Å². The van der Waals surface area contributed by atoms with Crippen molar-refractivity contribution in [3.8, 4) is 0 Å². The van der Waals surface area contributed by atoms with Gasteiger partial charge in [0.2, 0.25) is 0 Å². The molecule has 1 unspecified atom stereocenters. The van der Waals surface area contributed by atoms with Crippen molar-refractivity contribution in [2.75, 3.05) is 0 Å². The number of carbonyl (C=O) groups excluding carboxylic acids is 3. The van der Waals surface area contributed by atoms with Gasteiger partial charge in [0, 0.05) is 6.42 Å². The molecule has 0 bridgehead atoms. The summed E-state index contributed by atoms with van der Waals surface area (Å²) >= 11 is 0. The van der Waals surface area contributed by atoms with Crippen molar-refractivity contribution in [2.24, 2.45) is 5.73 Å². The fourth-order valence-corrected chi connectivity index (χ4v) is 0.435. The van der Waals surface area contributed by atoms with E-state index in [0.29, 0.717) is 12.6 Å². The number of nitrogens with one attached hydrogen (secondary N) is 1. The second-order valence-corrected chi connectivity index (χ2v) is 1.65. The van der Waals surface area contributed by atoms with Crippen molar-refractivity contribution >= 4 is 18.6 Å². The highest BCUT2D eigenvalue weighted by Gasteiger charge is 2.06. The van der Waals surface area contributed by atoms with E-state index < -0.39 is 12.1 Å². The summed E-state index contributed by atoms with van der Waals surface area (Å²) in [7, 11) is 0. The van der Waals surface area contributed by atoms with Crippen molar-refractivity contribution in [3.63, 3.8) is 0 Å². The molecular weight excluding hydrogens is 136 g/mol. The van der Waals surface area contributed by atoms with E-state index in [0.717, 1.165) is 0 Å². The summed E-state index contributed by atoms with van der Waals surface area (Å²) in [5.74, 6) is 0. The molecule has 0 aromatic heterocycles. The first-order valence-corrected chi connectivity index (χ1v) is 2.65. The summed E-state index contributed by atoms with van der Waals surface area (Å²) < 4.78 is 0. The number of aldehydes is 2. The van der Waals surface area contributed by atoms with Crippen LogP contribution < -0.4 is 11.1 Å². The van der Waals surface area contributed by atoms with Crippen LogP contribution in [0.15, 0.2) is 0 Å². The minimum Gasteiger partial charge on any atom is -0.352 e. The third-order valence-electron chi connectivity index (χ3n) is 0.842. The van der Waals surface area contributed by atoms with E-state index in [1.807, 2.05) is 0 Å². The second-order valence-electron chi connectivity index (χ2n) is 1.65. The molecule has 0 aliphatic heterocycles. The van der Waals surface area contributed by atoms with Crippen molar-refractivity contribution < 1.29 is 14.4 Å². The maximum Gasteiger partial charge on any atom is 0.312 e. The number of urea groups is 1. The number of rotatable bonds is 4. The van der Waals surface area contributed by atoms with Crippen LogP contribution in [0.25, 0.3) is 0 Å². The Balaban J connectivity index is 3.70. The molecule has 0 radical (unpaired) electrons.